The van der Waals surface area contributed by atoms with Crippen LogP contribution in [0.2, 0.25) is 0 Å². The van der Waals surface area contributed by atoms with Crippen molar-refractivity contribution in [1.82, 2.24) is 5.32 Å². The highest BCUT2D eigenvalue weighted by molar-refractivity contribution is 6.00. The third kappa shape index (κ3) is 4.14. The van der Waals surface area contributed by atoms with E-state index in [0.29, 0.717) is 0 Å². The topological polar surface area (TPSA) is 139 Å². The number of benzene rings is 1. The van der Waals surface area contributed by atoms with Gasteiger partial charge in [0.05, 0.1) is 12.0 Å². The fourth-order valence-electron chi connectivity index (χ4n) is 1.60. The molecule has 21 heavy (non-hydrogen) atoms. The van der Waals surface area contributed by atoms with E-state index in [0.717, 1.165) is 6.07 Å². The Kier molecular flexibility index (Phi) is 5.61. The highest BCUT2D eigenvalue weighted by atomic mass is 16.6. The average Bonchev–Trinajstić information content (AvgIpc) is 2.45. The number of carboxylic acids is 1. The number of nitro benzene ring substituents is 1. The van der Waals surface area contributed by atoms with Crippen molar-refractivity contribution in [3.05, 3.63) is 33.9 Å². The van der Waals surface area contributed by atoms with E-state index in [9.17, 15) is 19.7 Å². The van der Waals surface area contributed by atoms with Gasteiger partial charge in [0.2, 0.25) is 0 Å². The first-order valence-electron chi connectivity index (χ1n) is 5.89. The van der Waals surface area contributed by atoms with E-state index >= 15 is 0 Å². The summed E-state index contributed by atoms with van der Waals surface area (Å²) in [6, 6.07) is 3.93. The van der Waals surface area contributed by atoms with Crippen molar-refractivity contribution in [3.8, 4) is 5.75 Å². The number of nitrogens with zero attached hydrogens (tertiary/aromatic N) is 1. The zero-order chi connectivity index (χ0) is 16.0. The zero-order valence-electron chi connectivity index (χ0n) is 11.1. The number of methoxy groups -OCH3 is 1. The summed E-state index contributed by atoms with van der Waals surface area (Å²) in [5, 5.41) is 30.8. The van der Waals surface area contributed by atoms with Gasteiger partial charge < -0.3 is 20.3 Å². The molecule has 0 aliphatic carbocycles. The van der Waals surface area contributed by atoms with Crippen LogP contribution in [0.15, 0.2) is 18.2 Å². The molecule has 9 heteroatoms. The van der Waals surface area contributed by atoms with Crippen LogP contribution in [-0.4, -0.2) is 46.8 Å². The third-order valence-corrected chi connectivity index (χ3v) is 2.64. The van der Waals surface area contributed by atoms with Crippen LogP contribution in [0.5, 0.6) is 5.75 Å². The molecule has 0 saturated heterocycles. The maximum absolute atomic E-state index is 12.0. The number of hydrogen-bond acceptors (Lipinski definition) is 6. The molecule has 0 aliphatic rings. The van der Waals surface area contributed by atoms with Crippen LogP contribution in [0, 0.1) is 10.1 Å². The van der Waals surface area contributed by atoms with Gasteiger partial charge in [-0.15, -0.1) is 0 Å². The van der Waals surface area contributed by atoms with E-state index in [1.807, 2.05) is 0 Å². The first-order chi connectivity index (χ1) is 9.88. The van der Waals surface area contributed by atoms with Gasteiger partial charge in [-0.05, 0) is 6.07 Å². The molecule has 0 radical (unpaired) electrons. The standard InChI is InChI=1S/C12H14N2O7/c1-21-9-4-2-3-7(14(19)20)10(9)11(16)13-6-5-8(15)12(17)18/h2-4,8,15H,5-6H2,1H3,(H,13,16)(H,17,18)/t8-/m0/s1. The number of nitrogens with one attached hydrogen (secondary N) is 1. The maximum Gasteiger partial charge on any atom is 0.332 e. The molecule has 1 aromatic rings. The van der Waals surface area contributed by atoms with Crippen LogP contribution in [0.25, 0.3) is 0 Å². The minimum absolute atomic E-state index is 0.0282. The molecule has 0 spiro atoms. The number of carbonyl (C=O) groups is 2. The molecule has 0 aliphatic heterocycles. The van der Waals surface area contributed by atoms with E-state index < -0.39 is 28.6 Å². The Bertz CT molecular complexity index is 559. The molecule has 0 aromatic heterocycles. The largest absolute Gasteiger partial charge is 0.496 e. The van der Waals surface area contributed by atoms with Crippen LogP contribution >= 0.6 is 0 Å². The molecule has 0 bridgehead atoms. The first-order valence-corrected chi connectivity index (χ1v) is 5.89. The number of aliphatic hydroxyl groups is 1. The number of amides is 1. The fraction of sp³-hybridized carbons (Fsp3) is 0.333. The maximum atomic E-state index is 12.0. The molecule has 0 heterocycles. The third-order valence-electron chi connectivity index (χ3n) is 2.64. The van der Waals surface area contributed by atoms with E-state index in [1.165, 1.54) is 19.2 Å². The summed E-state index contributed by atoms with van der Waals surface area (Å²) in [6.45, 7) is -0.151. The van der Waals surface area contributed by atoms with Gasteiger partial charge in [0.15, 0.2) is 11.7 Å². The Morgan fingerprint density at radius 2 is 2.14 bits per heavy atom. The predicted octanol–water partition coefficient (Wildman–Crippen LogP) is 0.169. The molecule has 114 valence electrons. The smallest absolute Gasteiger partial charge is 0.332 e. The lowest BCUT2D eigenvalue weighted by molar-refractivity contribution is -0.385. The van der Waals surface area contributed by atoms with Crippen LogP contribution < -0.4 is 10.1 Å². The first kappa shape index (κ1) is 16.4. The van der Waals surface area contributed by atoms with Crippen molar-refractivity contribution in [2.24, 2.45) is 0 Å². The van der Waals surface area contributed by atoms with Crippen molar-refractivity contribution in [2.75, 3.05) is 13.7 Å². The van der Waals surface area contributed by atoms with Crippen molar-refractivity contribution in [3.63, 3.8) is 0 Å². The Morgan fingerprint density at radius 3 is 2.67 bits per heavy atom. The van der Waals surface area contributed by atoms with Gasteiger partial charge in [-0.3, -0.25) is 14.9 Å². The molecule has 3 N–H and O–H groups in total. The molecular formula is C12H14N2O7. The number of nitro groups is 1. The van der Waals surface area contributed by atoms with Crippen LogP contribution in [0.1, 0.15) is 16.8 Å². The van der Waals surface area contributed by atoms with Crippen LogP contribution in [0.3, 0.4) is 0 Å². The van der Waals surface area contributed by atoms with Crippen LogP contribution in [0.4, 0.5) is 5.69 Å². The Morgan fingerprint density at radius 1 is 1.48 bits per heavy atom. The van der Waals surface area contributed by atoms with Gasteiger partial charge in [0, 0.05) is 19.0 Å². The number of rotatable bonds is 7. The van der Waals surface area contributed by atoms with Crippen molar-refractivity contribution >= 4 is 17.6 Å². The summed E-state index contributed by atoms with van der Waals surface area (Å²) in [4.78, 5) is 32.6. The van der Waals surface area contributed by atoms with Gasteiger partial charge in [-0.2, -0.15) is 0 Å². The molecule has 1 aromatic carbocycles. The second-order valence-electron chi connectivity index (χ2n) is 4.01. The van der Waals surface area contributed by atoms with Crippen molar-refractivity contribution in [1.29, 1.82) is 0 Å². The van der Waals surface area contributed by atoms with E-state index in [-0.39, 0.29) is 24.3 Å². The summed E-state index contributed by atoms with van der Waals surface area (Å²) >= 11 is 0. The molecule has 1 rings (SSSR count). The lowest BCUT2D eigenvalue weighted by Crippen LogP contribution is -2.30. The fourth-order valence-corrected chi connectivity index (χ4v) is 1.60. The minimum atomic E-state index is -1.61. The normalized spacial score (nSPS) is 11.5. The minimum Gasteiger partial charge on any atom is -0.496 e. The Labute approximate surface area is 119 Å². The van der Waals surface area contributed by atoms with E-state index in [2.05, 4.69) is 5.32 Å². The second kappa shape index (κ2) is 7.20. The number of ether oxygens (including phenoxy) is 1. The Balaban J connectivity index is 2.86. The highest BCUT2D eigenvalue weighted by Gasteiger charge is 2.25. The van der Waals surface area contributed by atoms with Crippen LogP contribution in [-0.2, 0) is 4.79 Å². The highest BCUT2D eigenvalue weighted by Crippen LogP contribution is 2.27. The number of carbonyl (C=O) groups excluding carboxylic acids is 1. The van der Waals surface area contributed by atoms with Gasteiger partial charge in [-0.25, -0.2) is 4.79 Å². The lowest BCUT2D eigenvalue weighted by Gasteiger charge is -2.10. The summed E-state index contributed by atoms with van der Waals surface area (Å²) in [7, 11) is 1.27. The predicted molar refractivity (Wildman–Crippen MR) is 70.2 cm³/mol. The molecule has 0 unspecified atom stereocenters. The van der Waals surface area contributed by atoms with Crippen molar-refractivity contribution < 1.29 is 29.5 Å². The van der Waals surface area contributed by atoms with E-state index in [4.69, 9.17) is 14.9 Å². The molecule has 9 nitrogen and oxygen atoms in total. The van der Waals surface area contributed by atoms with Gasteiger partial charge in [0.25, 0.3) is 11.6 Å². The average molecular weight is 298 g/mol. The molecule has 1 atom stereocenters. The number of aliphatic hydroxyl groups excluding tert-OH is 1. The summed E-state index contributed by atoms with van der Waals surface area (Å²) in [6.07, 6.45) is -1.83. The van der Waals surface area contributed by atoms with E-state index in [1.54, 1.807) is 0 Å². The quantitative estimate of drug-likeness (QED) is 0.481. The second-order valence-corrected chi connectivity index (χ2v) is 4.01. The SMILES string of the molecule is COc1cccc([N+](=O)[O-])c1C(=O)NCC[C@H](O)C(=O)O. The summed E-state index contributed by atoms with van der Waals surface area (Å²) < 4.78 is 4.91. The molecular weight excluding hydrogens is 284 g/mol. The van der Waals surface area contributed by atoms with Crippen molar-refractivity contribution in [2.45, 2.75) is 12.5 Å². The Hall–Kier alpha value is -2.68. The lowest BCUT2D eigenvalue weighted by atomic mass is 10.1. The number of aliphatic carboxylic acids is 1. The number of carboxylic acid groups (broad SMARTS) is 1. The summed E-state index contributed by atoms with van der Waals surface area (Å²) in [5.41, 5.74) is -0.680. The molecule has 1 amide bonds. The van der Waals surface area contributed by atoms with Gasteiger partial charge in [0.1, 0.15) is 5.75 Å². The van der Waals surface area contributed by atoms with Gasteiger partial charge >= 0.3 is 5.97 Å². The zero-order valence-corrected chi connectivity index (χ0v) is 11.1. The van der Waals surface area contributed by atoms with Gasteiger partial charge in [-0.1, -0.05) is 6.07 Å². The number of hydrogen-bond donors (Lipinski definition) is 3. The summed E-state index contributed by atoms with van der Waals surface area (Å²) in [5.74, 6) is -2.16. The molecule has 0 fully saturated rings. The monoisotopic (exact) mass is 298 g/mol. The molecule has 0 saturated carbocycles.